The van der Waals surface area contributed by atoms with Gasteiger partial charge in [-0.3, -0.25) is 4.79 Å². The first-order valence-corrected chi connectivity index (χ1v) is 7.86. The summed E-state index contributed by atoms with van der Waals surface area (Å²) in [4.78, 5) is 25.9. The largest absolute Gasteiger partial charge is 0.465 e. The van der Waals surface area contributed by atoms with Crippen LogP contribution in [0.3, 0.4) is 0 Å². The molecule has 0 aromatic carbocycles. The minimum atomic E-state index is -0.129. The number of hydrogen-bond acceptors (Lipinski definition) is 3. The number of urea groups is 1. The van der Waals surface area contributed by atoms with Gasteiger partial charge >= 0.3 is 6.03 Å². The molecule has 1 atom stereocenters. The van der Waals surface area contributed by atoms with E-state index in [0.717, 1.165) is 12.2 Å². The van der Waals surface area contributed by atoms with Crippen LogP contribution in [0.2, 0.25) is 0 Å². The minimum Gasteiger partial charge on any atom is -0.465 e. The molecule has 1 aromatic rings. The highest BCUT2D eigenvalue weighted by Gasteiger charge is 2.28. The van der Waals surface area contributed by atoms with E-state index in [0.29, 0.717) is 31.0 Å². The zero-order chi connectivity index (χ0) is 16.3. The molecule has 1 unspecified atom stereocenters. The van der Waals surface area contributed by atoms with Gasteiger partial charge < -0.3 is 20.0 Å². The van der Waals surface area contributed by atoms with Crippen LogP contribution in [-0.2, 0) is 0 Å². The zero-order valence-electron chi connectivity index (χ0n) is 13.7. The van der Waals surface area contributed by atoms with Crippen LogP contribution in [0.1, 0.15) is 55.0 Å². The number of hydrogen-bond donors (Lipinski definition) is 2. The van der Waals surface area contributed by atoms with Gasteiger partial charge in [0.05, 0.1) is 5.56 Å². The number of aryl methyl sites for hydroxylation is 1. The Bertz CT molecular complexity index is 551. The van der Waals surface area contributed by atoms with Crippen molar-refractivity contribution in [2.24, 2.45) is 0 Å². The van der Waals surface area contributed by atoms with Crippen molar-refractivity contribution in [3.8, 4) is 0 Å². The highest BCUT2D eigenvalue weighted by molar-refractivity contribution is 5.95. The Labute approximate surface area is 131 Å². The first-order valence-electron chi connectivity index (χ1n) is 7.86. The number of carbonyl (C=O) groups is 2. The van der Waals surface area contributed by atoms with Gasteiger partial charge in [0.2, 0.25) is 0 Å². The molecule has 1 aromatic heterocycles. The van der Waals surface area contributed by atoms with Crippen LogP contribution >= 0.6 is 0 Å². The Kier molecular flexibility index (Phi) is 5.11. The highest BCUT2D eigenvalue weighted by atomic mass is 16.3. The van der Waals surface area contributed by atoms with E-state index >= 15 is 0 Å². The molecule has 0 radical (unpaired) electrons. The molecule has 2 N–H and O–H groups in total. The summed E-state index contributed by atoms with van der Waals surface area (Å²) in [6, 6.07) is 1.74. The highest BCUT2D eigenvalue weighted by Crippen LogP contribution is 2.22. The monoisotopic (exact) mass is 307 g/mol. The van der Waals surface area contributed by atoms with Crippen LogP contribution in [0.4, 0.5) is 4.79 Å². The van der Waals surface area contributed by atoms with E-state index in [1.54, 1.807) is 11.8 Å². The van der Waals surface area contributed by atoms with Crippen LogP contribution in [0.25, 0.3) is 0 Å². The summed E-state index contributed by atoms with van der Waals surface area (Å²) in [5.74, 6) is 1.58. The van der Waals surface area contributed by atoms with Crippen LogP contribution in [-0.4, -0.2) is 42.5 Å². The van der Waals surface area contributed by atoms with Gasteiger partial charge in [0, 0.05) is 31.6 Å². The predicted octanol–water partition coefficient (Wildman–Crippen LogP) is 2.25. The number of furan rings is 1. The van der Waals surface area contributed by atoms with E-state index in [1.807, 2.05) is 26.8 Å². The molecule has 0 bridgehead atoms. The summed E-state index contributed by atoms with van der Waals surface area (Å²) >= 11 is 0. The Morgan fingerprint density at radius 3 is 2.77 bits per heavy atom. The van der Waals surface area contributed by atoms with Gasteiger partial charge in [0.25, 0.3) is 5.91 Å². The third kappa shape index (κ3) is 3.61. The van der Waals surface area contributed by atoms with Crippen LogP contribution in [0.5, 0.6) is 0 Å². The molecule has 1 aliphatic heterocycles. The van der Waals surface area contributed by atoms with E-state index in [2.05, 4.69) is 10.6 Å². The van der Waals surface area contributed by atoms with Crippen molar-refractivity contribution in [2.45, 2.75) is 46.1 Å². The second-order valence-corrected chi connectivity index (χ2v) is 6.01. The maximum atomic E-state index is 12.4. The molecule has 1 aliphatic rings. The first-order chi connectivity index (χ1) is 10.4. The Morgan fingerprint density at radius 1 is 1.45 bits per heavy atom. The molecule has 1 saturated heterocycles. The van der Waals surface area contributed by atoms with Crippen molar-refractivity contribution in [3.05, 3.63) is 23.2 Å². The van der Waals surface area contributed by atoms with Crippen molar-refractivity contribution in [2.75, 3.05) is 19.6 Å². The van der Waals surface area contributed by atoms with E-state index < -0.39 is 0 Å². The molecular weight excluding hydrogens is 282 g/mol. The average Bonchev–Trinajstić information content (AvgIpc) is 3.05. The number of nitrogens with one attached hydrogen (secondary N) is 2. The Morgan fingerprint density at radius 2 is 2.18 bits per heavy atom. The predicted molar refractivity (Wildman–Crippen MR) is 84.1 cm³/mol. The molecule has 22 heavy (non-hydrogen) atoms. The van der Waals surface area contributed by atoms with E-state index in [-0.39, 0.29) is 23.9 Å². The molecule has 0 aliphatic carbocycles. The maximum Gasteiger partial charge on any atom is 0.317 e. The van der Waals surface area contributed by atoms with E-state index in [1.165, 1.54) is 0 Å². The standard InChI is InChI=1S/C16H25N3O3/c1-5-17-16(21)19-7-6-12(9-19)18-15(20)13-8-14(10(2)3)22-11(13)4/h8,10,12H,5-7,9H2,1-4H3,(H,17,21)(H,18,20). The second-order valence-electron chi connectivity index (χ2n) is 6.01. The molecule has 1 fully saturated rings. The van der Waals surface area contributed by atoms with Gasteiger partial charge in [-0.2, -0.15) is 0 Å². The van der Waals surface area contributed by atoms with Crippen molar-refractivity contribution in [1.29, 1.82) is 0 Å². The summed E-state index contributed by atoms with van der Waals surface area (Å²) < 4.78 is 5.62. The van der Waals surface area contributed by atoms with Gasteiger partial charge in [-0.15, -0.1) is 0 Å². The molecule has 0 spiro atoms. The average molecular weight is 307 g/mol. The lowest BCUT2D eigenvalue weighted by atomic mass is 10.1. The molecule has 0 saturated carbocycles. The molecular formula is C16H25N3O3. The minimum absolute atomic E-state index is 0.00749. The molecule has 2 heterocycles. The first kappa shape index (κ1) is 16.4. The number of rotatable bonds is 4. The molecule has 2 rings (SSSR count). The normalized spacial score (nSPS) is 17.9. The third-order valence-corrected chi connectivity index (χ3v) is 3.89. The fraction of sp³-hybridized carbons (Fsp3) is 0.625. The molecule has 3 amide bonds. The van der Waals surface area contributed by atoms with Crippen LogP contribution < -0.4 is 10.6 Å². The van der Waals surface area contributed by atoms with Crippen LogP contribution in [0, 0.1) is 6.92 Å². The Hall–Kier alpha value is -1.98. The van der Waals surface area contributed by atoms with E-state index in [4.69, 9.17) is 4.42 Å². The van der Waals surface area contributed by atoms with Crippen molar-refractivity contribution < 1.29 is 14.0 Å². The fourth-order valence-electron chi connectivity index (χ4n) is 2.60. The van der Waals surface area contributed by atoms with Gasteiger partial charge in [0.1, 0.15) is 11.5 Å². The number of nitrogens with zero attached hydrogens (tertiary/aromatic N) is 1. The summed E-state index contributed by atoms with van der Waals surface area (Å²) in [5.41, 5.74) is 0.583. The number of likely N-dealkylation sites (tertiary alicyclic amines) is 1. The molecule has 6 heteroatoms. The Balaban J connectivity index is 1.94. The van der Waals surface area contributed by atoms with E-state index in [9.17, 15) is 9.59 Å². The maximum absolute atomic E-state index is 12.4. The SMILES string of the molecule is CCNC(=O)N1CCC(NC(=O)c2cc(C(C)C)oc2C)C1. The molecule has 122 valence electrons. The zero-order valence-corrected chi connectivity index (χ0v) is 13.7. The number of carbonyl (C=O) groups excluding carboxylic acids is 2. The number of amides is 3. The van der Waals surface area contributed by atoms with Gasteiger partial charge in [-0.25, -0.2) is 4.79 Å². The van der Waals surface area contributed by atoms with Gasteiger partial charge in [0.15, 0.2) is 0 Å². The van der Waals surface area contributed by atoms with Crippen LogP contribution in [0.15, 0.2) is 10.5 Å². The third-order valence-electron chi connectivity index (χ3n) is 3.89. The second kappa shape index (κ2) is 6.85. The lowest BCUT2D eigenvalue weighted by molar-refractivity contribution is 0.0936. The van der Waals surface area contributed by atoms with Gasteiger partial charge in [-0.1, -0.05) is 13.8 Å². The van der Waals surface area contributed by atoms with Crippen molar-refractivity contribution in [3.63, 3.8) is 0 Å². The van der Waals surface area contributed by atoms with Crippen molar-refractivity contribution >= 4 is 11.9 Å². The lowest BCUT2D eigenvalue weighted by Crippen LogP contribution is -2.42. The molecule has 6 nitrogen and oxygen atoms in total. The summed E-state index contributed by atoms with van der Waals surface area (Å²) in [5, 5.41) is 5.77. The topological polar surface area (TPSA) is 74.6 Å². The summed E-state index contributed by atoms with van der Waals surface area (Å²) in [7, 11) is 0. The van der Waals surface area contributed by atoms with Crippen molar-refractivity contribution in [1.82, 2.24) is 15.5 Å². The summed E-state index contributed by atoms with van der Waals surface area (Å²) in [6.07, 6.45) is 0.775. The van der Waals surface area contributed by atoms with Gasteiger partial charge in [-0.05, 0) is 26.3 Å². The fourth-order valence-corrected chi connectivity index (χ4v) is 2.60. The smallest absolute Gasteiger partial charge is 0.317 e. The summed E-state index contributed by atoms with van der Waals surface area (Å²) in [6.45, 7) is 9.57. The quantitative estimate of drug-likeness (QED) is 0.896. The lowest BCUT2D eigenvalue weighted by Gasteiger charge is -2.17.